The molecule has 0 amide bonds. The molecule has 0 bridgehead atoms. The fourth-order valence-electron chi connectivity index (χ4n) is 1.78. The van der Waals surface area contributed by atoms with Crippen LogP contribution in [-0.4, -0.2) is 25.9 Å². The fourth-order valence-corrected chi connectivity index (χ4v) is 1.78. The van der Waals surface area contributed by atoms with Gasteiger partial charge in [-0.2, -0.15) is 0 Å². The molecule has 0 aliphatic heterocycles. The van der Waals surface area contributed by atoms with Gasteiger partial charge < -0.3 is 14.3 Å². The minimum atomic E-state index is -0.716. The van der Waals surface area contributed by atoms with Crippen molar-refractivity contribution in [2.45, 2.75) is 0 Å². The van der Waals surface area contributed by atoms with Crippen molar-refractivity contribution in [1.29, 1.82) is 0 Å². The highest BCUT2D eigenvalue weighted by atomic mass is 19.1. The third-order valence-electron chi connectivity index (χ3n) is 2.73. The van der Waals surface area contributed by atoms with Gasteiger partial charge in [-0.25, -0.2) is 9.18 Å². The first kappa shape index (κ1) is 15.5. The maximum absolute atomic E-state index is 13.5. The average Bonchev–Trinajstić information content (AvgIpc) is 2.54. The van der Waals surface area contributed by atoms with Crippen LogP contribution in [0.5, 0.6) is 11.5 Å². The standard InChI is InChI=1S/C16H14FNO4/c1-20-16(19)15(18-21-2)13-9-8-11(17)10-14(13)22-12-6-4-3-5-7-12/h3-10H,1-2H3. The van der Waals surface area contributed by atoms with Crippen molar-refractivity contribution in [1.82, 2.24) is 0 Å². The first-order valence-corrected chi connectivity index (χ1v) is 6.38. The van der Waals surface area contributed by atoms with E-state index in [4.69, 9.17) is 4.74 Å². The third-order valence-corrected chi connectivity index (χ3v) is 2.73. The predicted molar refractivity (Wildman–Crippen MR) is 78.5 cm³/mol. The number of hydrogen-bond donors (Lipinski definition) is 0. The predicted octanol–water partition coefficient (Wildman–Crippen LogP) is 3.14. The van der Waals surface area contributed by atoms with Crippen LogP contribution >= 0.6 is 0 Å². The van der Waals surface area contributed by atoms with Gasteiger partial charge >= 0.3 is 5.97 Å². The number of ether oxygens (including phenoxy) is 2. The van der Waals surface area contributed by atoms with E-state index in [9.17, 15) is 9.18 Å². The zero-order valence-corrected chi connectivity index (χ0v) is 12.1. The molecule has 5 nitrogen and oxygen atoms in total. The molecule has 0 aliphatic rings. The molecule has 0 atom stereocenters. The van der Waals surface area contributed by atoms with E-state index in [1.54, 1.807) is 24.3 Å². The van der Waals surface area contributed by atoms with Crippen LogP contribution in [0.1, 0.15) is 5.56 Å². The Balaban J connectivity index is 2.47. The number of para-hydroxylation sites is 1. The first-order valence-electron chi connectivity index (χ1n) is 6.38. The Hall–Kier alpha value is -2.89. The highest BCUT2D eigenvalue weighted by Gasteiger charge is 2.21. The summed E-state index contributed by atoms with van der Waals surface area (Å²) in [4.78, 5) is 16.5. The summed E-state index contributed by atoms with van der Waals surface area (Å²) in [5.74, 6) is -0.592. The number of oxime groups is 1. The van der Waals surface area contributed by atoms with Crippen LogP contribution in [0.3, 0.4) is 0 Å². The molecule has 0 radical (unpaired) electrons. The molecule has 114 valence electrons. The molecule has 0 unspecified atom stereocenters. The number of benzene rings is 2. The van der Waals surface area contributed by atoms with Crippen LogP contribution in [0, 0.1) is 5.82 Å². The molecule has 0 fully saturated rings. The lowest BCUT2D eigenvalue weighted by atomic mass is 10.1. The van der Waals surface area contributed by atoms with Gasteiger partial charge in [-0.05, 0) is 24.3 Å². The van der Waals surface area contributed by atoms with Gasteiger partial charge in [0.25, 0.3) is 0 Å². The molecule has 6 heteroatoms. The summed E-state index contributed by atoms with van der Waals surface area (Å²) in [5, 5.41) is 3.64. The maximum Gasteiger partial charge on any atom is 0.360 e. The molecule has 2 aromatic rings. The van der Waals surface area contributed by atoms with E-state index in [0.717, 1.165) is 6.07 Å². The lowest BCUT2D eigenvalue weighted by Gasteiger charge is -2.11. The highest BCUT2D eigenvalue weighted by Crippen LogP contribution is 2.27. The van der Waals surface area contributed by atoms with Gasteiger partial charge in [0.2, 0.25) is 0 Å². The van der Waals surface area contributed by atoms with Crippen LogP contribution in [0.4, 0.5) is 4.39 Å². The molecule has 0 heterocycles. The van der Waals surface area contributed by atoms with Crippen LogP contribution in [-0.2, 0) is 14.4 Å². The summed E-state index contributed by atoms with van der Waals surface area (Å²) in [6.45, 7) is 0. The summed E-state index contributed by atoms with van der Waals surface area (Å²) in [6.07, 6.45) is 0. The monoisotopic (exact) mass is 303 g/mol. The topological polar surface area (TPSA) is 57.1 Å². The Morgan fingerprint density at radius 3 is 2.45 bits per heavy atom. The lowest BCUT2D eigenvalue weighted by molar-refractivity contribution is -0.132. The number of rotatable bonds is 5. The quantitative estimate of drug-likeness (QED) is 0.484. The van der Waals surface area contributed by atoms with Crippen LogP contribution in [0.25, 0.3) is 0 Å². The van der Waals surface area contributed by atoms with Crippen molar-refractivity contribution in [3.05, 3.63) is 59.9 Å². The number of halogens is 1. The molecule has 0 aliphatic carbocycles. The Morgan fingerprint density at radius 1 is 1.09 bits per heavy atom. The highest BCUT2D eigenvalue weighted by molar-refractivity contribution is 6.43. The van der Waals surface area contributed by atoms with Gasteiger partial charge in [0.1, 0.15) is 24.4 Å². The van der Waals surface area contributed by atoms with E-state index in [0.29, 0.717) is 5.75 Å². The van der Waals surface area contributed by atoms with Gasteiger partial charge in [0.15, 0.2) is 5.71 Å². The first-order chi connectivity index (χ1) is 10.7. The molecule has 2 aromatic carbocycles. The van der Waals surface area contributed by atoms with E-state index in [-0.39, 0.29) is 17.0 Å². The van der Waals surface area contributed by atoms with E-state index >= 15 is 0 Å². The number of carbonyl (C=O) groups excluding carboxylic acids is 1. The van der Waals surface area contributed by atoms with Crippen molar-refractivity contribution in [2.24, 2.45) is 5.16 Å². The van der Waals surface area contributed by atoms with E-state index in [2.05, 4.69) is 14.7 Å². The Labute approximate surface area is 126 Å². The third kappa shape index (κ3) is 3.60. The van der Waals surface area contributed by atoms with Gasteiger partial charge in [-0.1, -0.05) is 23.4 Å². The molecule has 2 rings (SSSR count). The molecule has 22 heavy (non-hydrogen) atoms. The number of carbonyl (C=O) groups is 1. The second-order valence-electron chi connectivity index (χ2n) is 4.17. The zero-order valence-electron chi connectivity index (χ0n) is 12.1. The zero-order chi connectivity index (χ0) is 15.9. The summed E-state index contributed by atoms with van der Waals surface area (Å²) in [6, 6.07) is 12.5. The normalized spacial score (nSPS) is 11.0. The molecule has 0 aromatic heterocycles. The molecule has 0 N–H and O–H groups in total. The van der Waals surface area contributed by atoms with E-state index < -0.39 is 11.8 Å². The fraction of sp³-hybridized carbons (Fsp3) is 0.125. The number of nitrogens with zero attached hydrogens (tertiary/aromatic N) is 1. The molecule has 0 spiro atoms. The number of hydrogen-bond acceptors (Lipinski definition) is 5. The van der Waals surface area contributed by atoms with Crippen molar-refractivity contribution in [3.8, 4) is 11.5 Å². The minimum Gasteiger partial charge on any atom is -0.464 e. The number of methoxy groups -OCH3 is 1. The van der Waals surface area contributed by atoms with Crippen LogP contribution < -0.4 is 4.74 Å². The molecular weight excluding hydrogens is 289 g/mol. The van der Waals surface area contributed by atoms with Crippen LogP contribution in [0.15, 0.2) is 53.7 Å². The maximum atomic E-state index is 13.5. The molecule has 0 saturated heterocycles. The van der Waals surface area contributed by atoms with Gasteiger partial charge in [-0.15, -0.1) is 0 Å². The second-order valence-corrected chi connectivity index (χ2v) is 4.17. The smallest absolute Gasteiger partial charge is 0.360 e. The molecule has 0 saturated carbocycles. The summed E-state index contributed by atoms with van der Waals surface area (Å²) in [7, 11) is 2.51. The Kier molecular flexibility index (Phi) is 5.08. The van der Waals surface area contributed by atoms with Gasteiger partial charge in [0.05, 0.1) is 12.7 Å². The average molecular weight is 303 g/mol. The lowest BCUT2D eigenvalue weighted by Crippen LogP contribution is -2.18. The Bertz CT molecular complexity index is 686. The SMILES string of the molecule is CON=C(C(=O)OC)c1ccc(F)cc1Oc1ccccc1. The Morgan fingerprint density at radius 2 is 1.82 bits per heavy atom. The van der Waals surface area contributed by atoms with Crippen molar-refractivity contribution >= 4 is 11.7 Å². The summed E-state index contributed by atoms with van der Waals surface area (Å²) in [5.41, 5.74) is 0.148. The summed E-state index contributed by atoms with van der Waals surface area (Å²) >= 11 is 0. The van der Waals surface area contributed by atoms with Crippen molar-refractivity contribution in [2.75, 3.05) is 14.2 Å². The number of esters is 1. The van der Waals surface area contributed by atoms with Gasteiger partial charge in [0, 0.05) is 6.07 Å². The largest absolute Gasteiger partial charge is 0.464 e. The second kappa shape index (κ2) is 7.21. The molecular formula is C16H14FNO4. The van der Waals surface area contributed by atoms with Gasteiger partial charge in [-0.3, -0.25) is 0 Å². The minimum absolute atomic E-state index is 0.115. The van der Waals surface area contributed by atoms with E-state index in [1.807, 2.05) is 6.07 Å². The van der Waals surface area contributed by atoms with E-state index in [1.165, 1.54) is 26.4 Å². The van der Waals surface area contributed by atoms with Crippen LogP contribution in [0.2, 0.25) is 0 Å². The van der Waals surface area contributed by atoms with Crippen molar-refractivity contribution < 1.29 is 23.5 Å². The van der Waals surface area contributed by atoms with Crippen molar-refractivity contribution in [3.63, 3.8) is 0 Å². The summed E-state index contributed by atoms with van der Waals surface area (Å²) < 4.78 is 23.8.